The SMILES string of the molecule is Fc1ccc(C(c2ccc(CN3CCC4(C=NN5N=CC=CC54)CC3)nc2)n2ccnn2)cc1F. The molecule has 0 aliphatic carbocycles. The minimum atomic E-state index is -0.897. The van der Waals surface area contributed by atoms with E-state index in [0.717, 1.165) is 49.8 Å². The molecule has 1 fully saturated rings. The number of likely N-dealkylation sites (tertiary alicyclic amines) is 1. The molecule has 8 nitrogen and oxygen atoms in total. The topological polar surface area (TPSA) is 74.8 Å². The van der Waals surface area contributed by atoms with Gasteiger partial charge in [-0.25, -0.2) is 13.5 Å². The maximum atomic E-state index is 14.0. The van der Waals surface area contributed by atoms with Gasteiger partial charge in [-0.05, 0) is 61.3 Å². The number of hydrogen-bond acceptors (Lipinski definition) is 7. The Labute approximate surface area is 201 Å². The normalized spacial score (nSPS) is 21.5. The Morgan fingerprint density at radius 3 is 2.63 bits per heavy atom. The average molecular weight is 475 g/mol. The molecule has 2 atom stereocenters. The van der Waals surface area contributed by atoms with Gasteiger partial charge in [0.2, 0.25) is 0 Å². The Morgan fingerprint density at radius 2 is 1.89 bits per heavy atom. The van der Waals surface area contributed by atoms with Crippen LogP contribution in [0.3, 0.4) is 0 Å². The number of nitrogens with zero attached hydrogens (tertiary/aromatic N) is 8. The first kappa shape index (κ1) is 21.7. The molecular weight excluding hydrogens is 450 g/mol. The van der Waals surface area contributed by atoms with Crippen LogP contribution in [0.4, 0.5) is 8.78 Å². The second-order valence-corrected chi connectivity index (χ2v) is 9.21. The summed E-state index contributed by atoms with van der Waals surface area (Å²) in [6, 6.07) is 7.58. The summed E-state index contributed by atoms with van der Waals surface area (Å²) in [7, 11) is 0. The highest BCUT2D eigenvalue weighted by Crippen LogP contribution is 2.41. The molecule has 3 aliphatic heterocycles. The average Bonchev–Trinajstić information content (AvgIpc) is 3.54. The molecule has 0 N–H and O–H groups in total. The number of piperidine rings is 1. The van der Waals surface area contributed by atoms with Gasteiger partial charge in [0.25, 0.3) is 0 Å². The van der Waals surface area contributed by atoms with Gasteiger partial charge < -0.3 is 0 Å². The van der Waals surface area contributed by atoms with Crippen LogP contribution in [-0.2, 0) is 6.54 Å². The van der Waals surface area contributed by atoms with Crippen molar-refractivity contribution < 1.29 is 8.78 Å². The van der Waals surface area contributed by atoms with E-state index in [1.165, 1.54) is 6.07 Å². The first-order chi connectivity index (χ1) is 17.1. The largest absolute Gasteiger partial charge is 0.297 e. The van der Waals surface area contributed by atoms with Crippen molar-refractivity contribution in [2.24, 2.45) is 15.6 Å². The summed E-state index contributed by atoms with van der Waals surface area (Å²) in [5.41, 5.74) is 2.38. The third-order valence-corrected chi connectivity index (χ3v) is 7.14. The third kappa shape index (κ3) is 4.03. The second kappa shape index (κ2) is 8.77. The molecule has 1 aromatic carbocycles. The molecule has 0 saturated carbocycles. The van der Waals surface area contributed by atoms with Gasteiger partial charge >= 0.3 is 0 Å². The lowest BCUT2D eigenvalue weighted by molar-refractivity contribution is 0.0975. The van der Waals surface area contributed by atoms with Gasteiger partial charge in [0.15, 0.2) is 11.6 Å². The molecule has 10 heteroatoms. The highest BCUT2D eigenvalue weighted by atomic mass is 19.2. The Balaban J connectivity index is 1.15. The number of fused-ring (bicyclic) bond motifs is 2. The van der Waals surface area contributed by atoms with Crippen molar-refractivity contribution in [3.8, 4) is 0 Å². The molecule has 5 heterocycles. The molecule has 2 aromatic heterocycles. The van der Waals surface area contributed by atoms with E-state index in [9.17, 15) is 8.78 Å². The molecule has 178 valence electrons. The number of allylic oxidation sites excluding steroid dienone is 1. The summed E-state index contributed by atoms with van der Waals surface area (Å²) in [5, 5.41) is 18.6. The number of hydrazone groups is 2. The third-order valence-electron chi connectivity index (χ3n) is 7.14. The zero-order chi connectivity index (χ0) is 23.8. The van der Waals surface area contributed by atoms with Crippen LogP contribution in [-0.4, -0.2) is 61.6 Å². The minimum absolute atomic E-state index is 0.0392. The first-order valence-electron chi connectivity index (χ1n) is 11.6. The zero-order valence-corrected chi connectivity index (χ0v) is 19.0. The zero-order valence-electron chi connectivity index (χ0n) is 19.0. The molecule has 6 rings (SSSR count). The van der Waals surface area contributed by atoms with Crippen LogP contribution < -0.4 is 0 Å². The predicted octanol–water partition coefficient (Wildman–Crippen LogP) is 3.40. The molecule has 3 aliphatic rings. The molecule has 3 aromatic rings. The first-order valence-corrected chi connectivity index (χ1v) is 11.6. The van der Waals surface area contributed by atoms with Crippen LogP contribution in [0.15, 0.2) is 71.3 Å². The predicted molar refractivity (Wildman–Crippen MR) is 127 cm³/mol. The van der Waals surface area contributed by atoms with Crippen LogP contribution in [0.5, 0.6) is 0 Å². The lowest BCUT2D eigenvalue weighted by atomic mass is 9.73. The van der Waals surface area contributed by atoms with Crippen LogP contribution in [0.2, 0.25) is 0 Å². The fraction of sp³-hybridized carbons (Fsp3) is 0.320. The van der Waals surface area contributed by atoms with Crippen molar-refractivity contribution in [2.45, 2.75) is 31.5 Å². The van der Waals surface area contributed by atoms with Gasteiger partial charge in [-0.2, -0.15) is 15.3 Å². The van der Waals surface area contributed by atoms with E-state index in [1.807, 2.05) is 23.3 Å². The molecule has 0 bridgehead atoms. The number of hydrogen-bond donors (Lipinski definition) is 0. The van der Waals surface area contributed by atoms with Crippen LogP contribution >= 0.6 is 0 Å². The van der Waals surface area contributed by atoms with Crippen LogP contribution in [0.1, 0.15) is 35.7 Å². The van der Waals surface area contributed by atoms with E-state index >= 15 is 0 Å². The van der Waals surface area contributed by atoms with Gasteiger partial charge in [0.05, 0.1) is 11.9 Å². The van der Waals surface area contributed by atoms with Gasteiger partial charge in [0.1, 0.15) is 12.1 Å². The lowest BCUT2D eigenvalue weighted by Crippen LogP contribution is -2.47. The maximum absolute atomic E-state index is 14.0. The van der Waals surface area contributed by atoms with Gasteiger partial charge in [0, 0.05) is 36.8 Å². The van der Waals surface area contributed by atoms with Crippen LogP contribution in [0, 0.1) is 17.0 Å². The number of aromatic nitrogens is 4. The van der Waals surface area contributed by atoms with Gasteiger partial charge in [-0.1, -0.05) is 23.4 Å². The molecular formula is C25H24F2N8. The van der Waals surface area contributed by atoms with Crippen LogP contribution in [0.25, 0.3) is 0 Å². The monoisotopic (exact) mass is 474 g/mol. The fourth-order valence-electron chi connectivity index (χ4n) is 5.19. The maximum Gasteiger partial charge on any atom is 0.159 e. The summed E-state index contributed by atoms with van der Waals surface area (Å²) in [4.78, 5) is 7.09. The van der Waals surface area contributed by atoms with Crippen molar-refractivity contribution in [1.29, 1.82) is 0 Å². The number of halogens is 2. The van der Waals surface area contributed by atoms with Crippen molar-refractivity contribution in [1.82, 2.24) is 30.0 Å². The summed E-state index contributed by atoms with van der Waals surface area (Å²) in [6.07, 6.45) is 15.1. The Morgan fingerprint density at radius 1 is 1.03 bits per heavy atom. The standard InChI is InChI=1S/C25H24F2N8/c26-21-6-4-18(14-22(21)27)24(34-13-10-29-32-34)19-3-5-20(28-15-19)16-33-11-7-25(8-12-33)17-31-35-23(25)2-1-9-30-35/h1-6,9-10,13-15,17,23-24H,7-8,11-12,16H2. The molecule has 0 amide bonds. The van der Waals surface area contributed by atoms with Crippen molar-refractivity contribution in [3.63, 3.8) is 0 Å². The summed E-state index contributed by atoms with van der Waals surface area (Å²) >= 11 is 0. The van der Waals surface area contributed by atoms with Gasteiger partial charge in [-0.15, -0.1) is 5.10 Å². The Bertz CT molecular complexity index is 1280. The lowest BCUT2D eigenvalue weighted by Gasteiger charge is -2.41. The van der Waals surface area contributed by atoms with Gasteiger partial charge in [-0.3, -0.25) is 9.88 Å². The summed E-state index contributed by atoms with van der Waals surface area (Å²) < 4.78 is 29.1. The molecule has 1 saturated heterocycles. The van der Waals surface area contributed by atoms with E-state index in [1.54, 1.807) is 35.6 Å². The Kier molecular flexibility index (Phi) is 5.44. The highest BCUT2D eigenvalue weighted by Gasteiger charge is 2.46. The summed E-state index contributed by atoms with van der Waals surface area (Å²) in [6.45, 7) is 2.65. The van der Waals surface area contributed by atoms with E-state index < -0.39 is 17.7 Å². The summed E-state index contributed by atoms with van der Waals surface area (Å²) in [5.74, 6) is -1.78. The number of rotatable bonds is 5. The Hall–Kier alpha value is -3.79. The molecule has 1 spiro atoms. The molecule has 2 unspecified atom stereocenters. The highest BCUT2D eigenvalue weighted by molar-refractivity contribution is 5.75. The van der Waals surface area contributed by atoms with E-state index in [-0.39, 0.29) is 11.5 Å². The number of pyridine rings is 1. The number of benzene rings is 1. The minimum Gasteiger partial charge on any atom is -0.297 e. The quantitative estimate of drug-likeness (QED) is 0.567. The second-order valence-electron chi connectivity index (χ2n) is 9.21. The fourth-order valence-corrected chi connectivity index (χ4v) is 5.19. The van der Waals surface area contributed by atoms with Crippen molar-refractivity contribution >= 4 is 12.4 Å². The smallest absolute Gasteiger partial charge is 0.159 e. The van der Waals surface area contributed by atoms with Crippen molar-refractivity contribution in [2.75, 3.05) is 13.1 Å². The van der Waals surface area contributed by atoms with E-state index in [2.05, 4.69) is 42.7 Å². The van der Waals surface area contributed by atoms with Crippen molar-refractivity contribution in [3.05, 3.63) is 89.5 Å². The molecule has 0 radical (unpaired) electrons. The van der Waals surface area contributed by atoms with E-state index in [0.29, 0.717) is 5.56 Å². The van der Waals surface area contributed by atoms with E-state index in [4.69, 9.17) is 0 Å². The molecule has 35 heavy (non-hydrogen) atoms.